The van der Waals surface area contributed by atoms with E-state index in [1.54, 1.807) is 0 Å². The molecule has 1 fully saturated rings. The zero-order valence-electron chi connectivity index (χ0n) is 14.7. The molecule has 0 unspecified atom stereocenters. The van der Waals surface area contributed by atoms with Gasteiger partial charge in [-0.25, -0.2) is 0 Å². The Hall–Kier alpha value is -2.63. The number of carbonyl (C=O) groups is 2. The first-order valence-corrected chi connectivity index (χ1v) is 8.68. The predicted octanol–water partition coefficient (Wildman–Crippen LogP) is 4.90. The summed E-state index contributed by atoms with van der Waals surface area (Å²) < 4.78 is 43.1. The number of carbonyl (C=O) groups excluding carboxylic acids is 2. The average molecular weight is 376 g/mol. The van der Waals surface area contributed by atoms with Crippen molar-refractivity contribution in [3.05, 3.63) is 71.3 Å². The minimum atomic E-state index is -4.43. The van der Waals surface area contributed by atoms with E-state index in [0.717, 1.165) is 17.7 Å². The number of hydrogen-bond donors (Lipinski definition) is 0. The summed E-state index contributed by atoms with van der Waals surface area (Å²) in [6.07, 6.45) is -4.30. The maximum Gasteiger partial charge on any atom is 0.416 e. The Morgan fingerprint density at radius 3 is 2.22 bits per heavy atom. The standard InChI is InChI=1S/C21H19F3O3/c1-13-17(11-18(25)27-12-14-5-3-2-4-6-14)19(13)20(26)15-7-9-16(10-8-15)21(22,23)24/h2-10,13,17,19H,11-12H2,1H3/t13-,17+,19-/m0/s1. The molecule has 3 nitrogen and oxygen atoms in total. The Labute approximate surface area is 155 Å². The zero-order valence-corrected chi connectivity index (χ0v) is 14.7. The van der Waals surface area contributed by atoms with Crippen LogP contribution >= 0.6 is 0 Å². The van der Waals surface area contributed by atoms with Crippen LogP contribution in [-0.2, 0) is 22.3 Å². The second-order valence-electron chi connectivity index (χ2n) is 6.84. The van der Waals surface area contributed by atoms with E-state index in [1.165, 1.54) is 12.1 Å². The zero-order chi connectivity index (χ0) is 19.6. The van der Waals surface area contributed by atoms with Crippen molar-refractivity contribution < 1.29 is 27.5 Å². The Kier molecular flexibility index (Phi) is 5.35. The summed E-state index contributed by atoms with van der Waals surface area (Å²) in [4.78, 5) is 24.5. The smallest absolute Gasteiger partial charge is 0.416 e. The topological polar surface area (TPSA) is 43.4 Å². The van der Waals surface area contributed by atoms with Crippen LogP contribution in [0.5, 0.6) is 0 Å². The largest absolute Gasteiger partial charge is 0.461 e. The highest BCUT2D eigenvalue weighted by molar-refractivity contribution is 6.00. The van der Waals surface area contributed by atoms with Gasteiger partial charge in [-0.2, -0.15) is 13.2 Å². The molecule has 0 amide bonds. The van der Waals surface area contributed by atoms with Crippen molar-refractivity contribution in [2.24, 2.45) is 17.8 Å². The van der Waals surface area contributed by atoms with Gasteiger partial charge >= 0.3 is 12.1 Å². The van der Waals surface area contributed by atoms with E-state index in [-0.39, 0.29) is 48.1 Å². The molecule has 27 heavy (non-hydrogen) atoms. The van der Waals surface area contributed by atoms with E-state index in [1.807, 2.05) is 37.3 Å². The van der Waals surface area contributed by atoms with Crippen LogP contribution in [-0.4, -0.2) is 11.8 Å². The molecule has 142 valence electrons. The Morgan fingerprint density at radius 1 is 1.00 bits per heavy atom. The van der Waals surface area contributed by atoms with E-state index < -0.39 is 11.7 Å². The molecule has 0 aromatic heterocycles. The fourth-order valence-electron chi connectivity index (χ4n) is 3.30. The molecule has 0 bridgehead atoms. The fraction of sp³-hybridized carbons (Fsp3) is 0.333. The van der Waals surface area contributed by atoms with Gasteiger partial charge < -0.3 is 4.74 Å². The average Bonchev–Trinajstić information content (AvgIpc) is 3.28. The predicted molar refractivity (Wildman–Crippen MR) is 92.8 cm³/mol. The molecule has 2 aromatic carbocycles. The molecule has 0 aliphatic heterocycles. The maximum absolute atomic E-state index is 12.6. The quantitative estimate of drug-likeness (QED) is 0.532. The highest BCUT2D eigenvalue weighted by Crippen LogP contribution is 2.50. The number of rotatable bonds is 6. The molecule has 6 heteroatoms. The van der Waals surface area contributed by atoms with Crippen LogP contribution in [0.15, 0.2) is 54.6 Å². The second-order valence-corrected chi connectivity index (χ2v) is 6.84. The van der Waals surface area contributed by atoms with Gasteiger partial charge in [-0.05, 0) is 29.5 Å². The van der Waals surface area contributed by atoms with Crippen LogP contribution in [0.25, 0.3) is 0 Å². The molecule has 1 saturated carbocycles. The van der Waals surface area contributed by atoms with Crippen LogP contribution in [0.2, 0.25) is 0 Å². The molecule has 3 atom stereocenters. The molecule has 1 aliphatic carbocycles. The number of hydrogen-bond acceptors (Lipinski definition) is 3. The SMILES string of the molecule is C[C@H]1[C@@H](CC(=O)OCc2ccccc2)[C@H]1C(=O)c1ccc(C(F)(F)F)cc1. The lowest BCUT2D eigenvalue weighted by Crippen LogP contribution is -2.10. The summed E-state index contributed by atoms with van der Waals surface area (Å²) >= 11 is 0. The van der Waals surface area contributed by atoms with Crippen LogP contribution in [0.4, 0.5) is 13.2 Å². The van der Waals surface area contributed by atoms with Gasteiger partial charge in [0.25, 0.3) is 0 Å². The molecule has 0 radical (unpaired) electrons. The maximum atomic E-state index is 12.6. The summed E-state index contributed by atoms with van der Waals surface area (Å²) in [7, 11) is 0. The third kappa shape index (κ3) is 4.56. The summed E-state index contributed by atoms with van der Waals surface area (Å²) in [5.41, 5.74) is 0.330. The van der Waals surface area contributed by atoms with Crippen molar-refractivity contribution >= 4 is 11.8 Å². The lowest BCUT2D eigenvalue weighted by molar-refractivity contribution is -0.145. The highest BCUT2D eigenvalue weighted by Gasteiger charge is 2.52. The summed E-state index contributed by atoms with van der Waals surface area (Å²) in [6, 6.07) is 13.5. The van der Waals surface area contributed by atoms with Crippen molar-refractivity contribution in [1.82, 2.24) is 0 Å². The van der Waals surface area contributed by atoms with E-state index in [0.29, 0.717) is 0 Å². The molecule has 0 N–H and O–H groups in total. The van der Waals surface area contributed by atoms with E-state index in [2.05, 4.69) is 0 Å². The highest BCUT2D eigenvalue weighted by atomic mass is 19.4. The van der Waals surface area contributed by atoms with Crippen LogP contribution in [0.1, 0.15) is 34.8 Å². The number of ketones is 1. The van der Waals surface area contributed by atoms with Gasteiger partial charge in [0.1, 0.15) is 6.61 Å². The van der Waals surface area contributed by atoms with Gasteiger partial charge in [-0.3, -0.25) is 9.59 Å². The molecular weight excluding hydrogens is 357 g/mol. The lowest BCUT2D eigenvalue weighted by atomic mass is 10.0. The van der Waals surface area contributed by atoms with Gasteiger partial charge in [0, 0.05) is 17.9 Å². The first kappa shape index (κ1) is 19.1. The molecule has 1 aliphatic rings. The van der Waals surface area contributed by atoms with Crippen LogP contribution < -0.4 is 0 Å². The normalized spacial score (nSPS) is 21.6. The number of esters is 1. The van der Waals surface area contributed by atoms with Crippen molar-refractivity contribution in [3.8, 4) is 0 Å². The summed E-state index contributed by atoms with van der Waals surface area (Å²) in [5, 5.41) is 0. The fourth-order valence-corrected chi connectivity index (χ4v) is 3.30. The minimum Gasteiger partial charge on any atom is -0.461 e. The number of halogens is 3. The Bertz CT molecular complexity index is 813. The van der Waals surface area contributed by atoms with Gasteiger partial charge in [0.2, 0.25) is 0 Å². The van der Waals surface area contributed by atoms with Crippen molar-refractivity contribution in [3.63, 3.8) is 0 Å². The first-order valence-electron chi connectivity index (χ1n) is 8.68. The van der Waals surface area contributed by atoms with E-state index in [4.69, 9.17) is 4.74 Å². The molecule has 0 heterocycles. The monoisotopic (exact) mass is 376 g/mol. The number of ether oxygens (including phenoxy) is 1. The van der Waals surface area contributed by atoms with Gasteiger partial charge in [-0.1, -0.05) is 49.4 Å². The van der Waals surface area contributed by atoms with Crippen molar-refractivity contribution in [1.29, 1.82) is 0 Å². The van der Waals surface area contributed by atoms with Crippen LogP contribution in [0, 0.1) is 17.8 Å². The van der Waals surface area contributed by atoms with Crippen LogP contribution in [0.3, 0.4) is 0 Å². The summed E-state index contributed by atoms with van der Waals surface area (Å²) in [6.45, 7) is 2.04. The minimum absolute atomic E-state index is 0.00377. The number of alkyl halides is 3. The molecule has 2 aromatic rings. The Morgan fingerprint density at radius 2 is 1.63 bits per heavy atom. The molecule has 0 saturated heterocycles. The summed E-state index contributed by atoms with van der Waals surface area (Å²) in [5.74, 6) is -1.09. The van der Waals surface area contributed by atoms with E-state index >= 15 is 0 Å². The molecule has 3 rings (SSSR count). The van der Waals surface area contributed by atoms with Crippen molar-refractivity contribution in [2.45, 2.75) is 26.1 Å². The lowest BCUT2D eigenvalue weighted by Gasteiger charge is -2.07. The third-order valence-electron chi connectivity index (χ3n) is 5.01. The number of benzene rings is 2. The molecular formula is C21H19F3O3. The Balaban J connectivity index is 1.54. The third-order valence-corrected chi connectivity index (χ3v) is 5.01. The van der Waals surface area contributed by atoms with Gasteiger partial charge in [-0.15, -0.1) is 0 Å². The first-order chi connectivity index (χ1) is 12.8. The van der Waals surface area contributed by atoms with Crippen molar-refractivity contribution in [2.75, 3.05) is 0 Å². The molecule has 0 spiro atoms. The van der Waals surface area contributed by atoms with Gasteiger partial charge in [0.05, 0.1) is 5.56 Å². The van der Waals surface area contributed by atoms with Gasteiger partial charge in [0.15, 0.2) is 5.78 Å². The number of Topliss-reactive ketones (excluding diaryl/α,β-unsaturated/α-hetero) is 1. The van der Waals surface area contributed by atoms with E-state index in [9.17, 15) is 22.8 Å². The second kappa shape index (κ2) is 7.55.